The number of thioether (sulfide) groups is 1. The first-order valence-corrected chi connectivity index (χ1v) is 8.89. The smallest absolute Gasteiger partial charge is 0.262 e. The Morgan fingerprint density at radius 3 is 3.22 bits per heavy atom. The second-order valence-corrected chi connectivity index (χ2v) is 7.12. The van der Waals surface area contributed by atoms with Crippen LogP contribution in [0.15, 0.2) is 35.4 Å². The molecule has 6 heteroatoms. The average Bonchev–Trinajstić information content (AvgIpc) is 2.93. The van der Waals surface area contributed by atoms with Gasteiger partial charge < -0.3 is 14.6 Å². The van der Waals surface area contributed by atoms with Gasteiger partial charge in [-0.05, 0) is 25.5 Å². The number of nitrogens with one attached hydrogen (secondary N) is 1. The van der Waals surface area contributed by atoms with Crippen molar-refractivity contribution in [3.63, 3.8) is 0 Å². The molecule has 2 aliphatic heterocycles. The second-order valence-electron chi connectivity index (χ2n) is 6.06. The molecule has 23 heavy (non-hydrogen) atoms. The van der Waals surface area contributed by atoms with E-state index in [4.69, 9.17) is 4.74 Å². The number of carbonyl (C=O) groups excluding carboxylic acids is 1. The summed E-state index contributed by atoms with van der Waals surface area (Å²) < 4.78 is 8.01. The van der Waals surface area contributed by atoms with Gasteiger partial charge in [-0.15, -0.1) is 11.8 Å². The van der Waals surface area contributed by atoms with Gasteiger partial charge in [0.15, 0.2) is 6.10 Å². The van der Waals surface area contributed by atoms with Crippen LogP contribution in [0.3, 0.4) is 0 Å². The van der Waals surface area contributed by atoms with E-state index in [9.17, 15) is 4.79 Å². The Hall–Kier alpha value is -1.95. The van der Waals surface area contributed by atoms with Crippen molar-refractivity contribution >= 4 is 17.7 Å². The number of para-hydroxylation sites is 1. The quantitative estimate of drug-likeness (QED) is 0.917. The molecule has 3 heterocycles. The van der Waals surface area contributed by atoms with Gasteiger partial charge >= 0.3 is 0 Å². The molecule has 5 nitrogen and oxygen atoms in total. The Balaban J connectivity index is 1.39. The van der Waals surface area contributed by atoms with E-state index in [1.165, 1.54) is 0 Å². The molecule has 4 rings (SSSR count). The van der Waals surface area contributed by atoms with Crippen LogP contribution in [0, 0.1) is 6.92 Å². The van der Waals surface area contributed by atoms with Crippen molar-refractivity contribution in [1.82, 2.24) is 14.9 Å². The molecule has 1 N–H and O–H groups in total. The Morgan fingerprint density at radius 2 is 2.30 bits per heavy atom. The number of nitrogens with zero attached hydrogens (tertiary/aromatic N) is 2. The summed E-state index contributed by atoms with van der Waals surface area (Å²) in [5.41, 5.74) is 1.04. The lowest BCUT2D eigenvalue weighted by atomic mass is 10.1. The van der Waals surface area contributed by atoms with Crippen LogP contribution in [-0.2, 0) is 17.8 Å². The molecule has 0 radical (unpaired) electrons. The van der Waals surface area contributed by atoms with Crippen molar-refractivity contribution < 1.29 is 9.53 Å². The van der Waals surface area contributed by atoms with Crippen LogP contribution >= 0.6 is 11.8 Å². The number of fused-ring (bicyclic) bond motifs is 2. The van der Waals surface area contributed by atoms with Crippen molar-refractivity contribution in [2.24, 2.45) is 0 Å². The van der Waals surface area contributed by atoms with Crippen molar-refractivity contribution in [2.45, 2.75) is 43.4 Å². The van der Waals surface area contributed by atoms with Crippen LogP contribution in [0.1, 0.15) is 17.9 Å². The number of hydrogen-bond donors (Lipinski definition) is 1. The zero-order valence-electron chi connectivity index (χ0n) is 13.0. The van der Waals surface area contributed by atoms with Gasteiger partial charge in [0, 0.05) is 35.9 Å². The van der Waals surface area contributed by atoms with Gasteiger partial charge in [0.05, 0.1) is 5.69 Å². The molecule has 0 fully saturated rings. The minimum Gasteiger partial charge on any atom is -0.479 e. The fraction of sp³-hybridized carbons (Fsp3) is 0.412. The van der Waals surface area contributed by atoms with E-state index in [1.54, 1.807) is 11.8 Å². The third kappa shape index (κ3) is 2.95. The zero-order valence-corrected chi connectivity index (χ0v) is 13.8. The molecule has 1 amide bonds. The van der Waals surface area contributed by atoms with E-state index in [-0.39, 0.29) is 11.9 Å². The highest BCUT2D eigenvalue weighted by molar-refractivity contribution is 7.99. The van der Waals surface area contributed by atoms with Gasteiger partial charge in [0.25, 0.3) is 5.91 Å². The summed E-state index contributed by atoms with van der Waals surface area (Å²) in [5, 5.41) is 3.14. The number of hydrogen-bond acceptors (Lipinski definition) is 4. The number of amides is 1. The average molecular weight is 329 g/mol. The maximum atomic E-state index is 12.5. The number of aryl methyl sites for hydroxylation is 2. The predicted octanol–water partition coefficient (Wildman–Crippen LogP) is 2.18. The molecule has 1 aromatic heterocycles. The molecule has 0 unspecified atom stereocenters. The highest BCUT2D eigenvalue weighted by Crippen LogP contribution is 2.35. The molecule has 120 valence electrons. The molecule has 2 aliphatic rings. The van der Waals surface area contributed by atoms with Gasteiger partial charge in [-0.2, -0.15) is 0 Å². The number of imidazole rings is 1. The first-order chi connectivity index (χ1) is 11.2. The largest absolute Gasteiger partial charge is 0.479 e. The highest BCUT2D eigenvalue weighted by atomic mass is 32.2. The number of rotatable bonds is 2. The first kappa shape index (κ1) is 14.6. The molecular weight excluding hydrogens is 310 g/mol. The van der Waals surface area contributed by atoms with E-state index >= 15 is 0 Å². The van der Waals surface area contributed by atoms with Crippen molar-refractivity contribution in [3.8, 4) is 5.75 Å². The van der Waals surface area contributed by atoms with E-state index in [2.05, 4.69) is 21.1 Å². The van der Waals surface area contributed by atoms with Crippen LogP contribution < -0.4 is 10.1 Å². The number of benzene rings is 1. The maximum absolute atomic E-state index is 12.5. The summed E-state index contributed by atoms with van der Waals surface area (Å²) in [6.45, 7) is 2.79. The van der Waals surface area contributed by atoms with Gasteiger partial charge in [0.2, 0.25) is 0 Å². The third-order valence-electron chi connectivity index (χ3n) is 4.26. The summed E-state index contributed by atoms with van der Waals surface area (Å²) >= 11 is 1.68. The highest BCUT2D eigenvalue weighted by Gasteiger charge is 2.29. The predicted molar refractivity (Wildman–Crippen MR) is 88.8 cm³/mol. The Bertz CT molecular complexity index is 743. The van der Waals surface area contributed by atoms with E-state index in [0.717, 1.165) is 41.5 Å². The molecule has 0 saturated carbocycles. The molecule has 2 atom stereocenters. The first-order valence-electron chi connectivity index (χ1n) is 7.90. The molecular formula is C17H19N3O2S. The molecule has 0 saturated heterocycles. The van der Waals surface area contributed by atoms with Crippen molar-refractivity contribution in [2.75, 3.05) is 5.75 Å². The second kappa shape index (κ2) is 5.92. The van der Waals surface area contributed by atoms with Crippen LogP contribution in [-0.4, -0.2) is 33.4 Å². The zero-order chi connectivity index (χ0) is 15.8. The van der Waals surface area contributed by atoms with Gasteiger partial charge in [0.1, 0.15) is 11.6 Å². The van der Waals surface area contributed by atoms with Gasteiger partial charge in [-0.3, -0.25) is 4.79 Å². The van der Waals surface area contributed by atoms with Gasteiger partial charge in [-0.1, -0.05) is 12.1 Å². The maximum Gasteiger partial charge on any atom is 0.262 e. The molecule has 0 bridgehead atoms. The fourth-order valence-electron chi connectivity index (χ4n) is 3.15. The summed E-state index contributed by atoms with van der Waals surface area (Å²) in [7, 11) is 0. The minimum absolute atomic E-state index is 0.0164. The van der Waals surface area contributed by atoms with Gasteiger partial charge in [-0.25, -0.2) is 4.98 Å². The lowest BCUT2D eigenvalue weighted by Crippen LogP contribution is -2.48. The third-order valence-corrected chi connectivity index (χ3v) is 5.38. The number of carbonyl (C=O) groups is 1. The van der Waals surface area contributed by atoms with E-state index < -0.39 is 6.10 Å². The van der Waals surface area contributed by atoms with Crippen LogP contribution in [0.2, 0.25) is 0 Å². The summed E-state index contributed by atoms with van der Waals surface area (Å²) in [6.07, 6.45) is 3.47. The Labute approximate surface area is 139 Å². The molecule has 1 aromatic carbocycles. The summed E-state index contributed by atoms with van der Waals surface area (Å²) in [4.78, 5) is 18.1. The number of aromatic nitrogens is 2. The van der Waals surface area contributed by atoms with Crippen molar-refractivity contribution in [3.05, 3.63) is 42.0 Å². The standard InChI is InChI=1S/C17H19N3O2S/c1-11-8-20-9-12(6-7-16(20)18-11)19-17(21)14-10-23-15-5-3-2-4-13(15)22-14/h2-5,8,12,14H,6-7,9-10H2,1H3,(H,19,21)/t12-,14+/m1/s1. The number of ether oxygens (including phenoxy) is 1. The van der Waals surface area contributed by atoms with Crippen LogP contribution in [0.25, 0.3) is 0 Å². The lowest BCUT2D eigenvalue weighted by molar-refractivity contribution is -0.128. The van der Waals surface area contributed by atoms with Crippen LogP contribution in [0.4, 0.5) is 0 Å². The Morgan fingerprint density at radius 1 is 1.43 bits per heavy atom. The van der Waals surface area contributed by atoms with E-state index in [0.29, 0.717) is 5.75 Å². The van der Waals surface area contributed by atoms with Crippen LogP contribution in [0.5, 0.6) is 5.75 Å². The van der Waals surface area contributed by atoms with E-state index in [1.807, 2.05) is 31.2 Å². The normalized spacial score (nSPS) is 22.7. The fourth-order valence-corrected chi connectivity index (χ4v) is 4.13. The summed E-state index contributed by atoms with van der Waals surface area (Å²) in [6, 6.07) is 8.02. The lowest BCUT2D eigenvalue weighted by Gasteiger charge is -2.29. The molecule has 2 aromatic rings. The summed E-state index contributed by atoms with van der Waals surface area (Å²) in [5.74, 6) is 2.56. The Kier molecular flexibility index (Phi) is 3.77. The minimum atomic E-state index is -0.416. The monoisotopic (exact) mass is 329 g/mol. The molecule has 0 spiro atoms. The topological polar surface area (TPSA) is 56.2 Å². The SMILES string of the molecule is Cc1cn2c(n1)CC[C@@H](NC(=O)[C@@H]1CSc3ccccc3O1)C2. The van der Waals surface area contributed by atoms with Crippen molar-refractivity contribution in [1.29, 1.82) is 0 Å². The molecule has 0 aliphatic carbocycles.